The number of aromatic nitrogens is 1. The third kappa shape index (κ3) is 3.57. The first-order chi connectivity index (χ1) is 10.2. The van der Waals surface area contributed by atoms with E-state index in [1.165, 1.54) is 56.5 Å². The lowest BCUT2D eigenvalue weighted by Crippen LogP contribution is -2.47. The lowest BCUT2D eigenvalue weighted by atomic mass is 9.78. The molecule has 0 bridgehead atoms. The van der Waals surface area contributed by atoms with E-state index in [0.717, 1.165) is 18.5 Å². The molecule has 21 heavy (non-hydrogen) atoms. The van der Waals surface area contributed by atoms with Crippen LogP contribution in [0.5, 0.6) is 0 Å². The molecule has 3 heteroatoms. The van der Waals surface area contributed by atoms with Crippen LogP contribution in [-0.4, -0.2) is 23.6 Å². The predicted octanol–water partition coefficient (Wildman–Crippen LogP) is 3.74. The Bertz CT molecular complexity index is 456. The molecule has 0 aromatic carbocycles. The quantitative estimate of drug-likeness (QED) is 0.914. The number of nitrogens with one attached hydrogen (secondary N) is 1. The van der Waals surface area contributed by atoms with E-state index in [1.807, 2.05) is 6.20 Å². The van der Waals surface area contributed by atoms with Gasteiger partial charge < -0.3 is 10.2 Å². The molecule has 1 N–H and O–H groups in total. The van der Waals surface area contributed by atoms with E-state index in [4.69, 9.17) is 0 Å². The SMILES string of the molecule is CC(C)NCc1ccnc(N2CCC[C@H]3CCCC[C@H]32)c1. The van der Waals surface area contributed by atoms with Crippen molar-refractivity contribution < 1.29 is 0 Å². The van der Waals surface area contributed by atoms with Gasteiger partial charge in [-0.3, -0.25) is 0 Å². The Morgan fingerprint density at radius 1 is 1.24 bits per heavy atom. The van der Waals surface area contributed by atoms with Crippen molar-refractivity contribution in [2.75, 3.05) is 11.4 Å². The zero-order valence-corrected chi connectivity index (χ0v) is 13.5. The van der Waals surface area contributed by atoms with E-state index in [2.05, 4.69) is 41.2 Å². The van der Waals surface area contributed by atoms with Crippen molar-refractivity contribution in [1.29, 1.82) is 0 Å². The van der Waals surface area contributed by atoms with Gasteiger partial charge in [0.25, 0.3) is 0 Å². The lowest BCUT2D eigenvalue weighted by Gasteiger charge is -2.44. The van der Waals surface area contributed by atoms with Crippen LogP contribution in [0.25, 0.3) is 0 Å². The Morgan fingerprint density at radius 3 is 2.90 bits per heavy atom. The lowest BCUT2D eigenvalue weighted by molar-refractivity contribution is 0.242. The van der Waals surface area contributed by atoms with Crippen LogP contribution in [0.4, 0.5) is 5.82 Å². The van der Waals surface area contributed by atoms with Crippen molar-refractivity contribution in [3.05, 3.63) is 23.9 Å². The molecule has 0 spiro atoms. The topological polar surface area (TPSA) is 28.2 Å². The number of piperidine rings is 1. The number of anilines is 1. The third-order valence-corrected chi connectivity index (χ3v) is 5.06. The first-order valence-electron chi connectivity index (χ1n) is 8.69. The van der Waals surface area contributed by atoms with Crippen molar-refractivity contribution in [1.82, 2.24) is 10.3 Å². The molecule has 1 saturated heterocycles. The molecular weight excluding hydrogens is 258 g/mol. The fourth-order valence-corrected chi connectivity index (χ4v) is 3.96. The highest BCUT2D eigenvalue weighted by molar-refractivity contribution is 5.43. The van der Waals surface area contributed by atoms with Gasteiger partial charge in [-0.25, -0.2) is 4.98 Å². The second-order valence-corrected chi connectivity index (χ2v) is 7.01. The maximum atomic E-state index is 4.68. The normalized spacial score (nSPS) is 26.0. The monoisotopic (exact) mass is 287 g/mol. The number of pyridine rings is 1. The molecule has 2 aliphatic rings. The summed E-state index contributed by atoms with van der Waals surface area (Å²) < 4.78 is 0. The zero-order chi connectivity index (χ0) is 14.7. The molecule has 1 saturated carbocycles. The maximum absolute atomic E-state index is 4.68. The summed E-state index contributed by atoms with van der Waals surface area (Å²) in [7, 11) is 0. The number of hydrogen-bond donors (Lipinski definition) is 1. The van der Waals surface area contributed by atoms with Crippen LogP contribution in [0.2, 0.25) is 0 Å². The first kappa shape index (κ1) is 14.8. The third-order valence-electron chi connectivity index (χ3n) is 5.06. The number of nitrogens with zero attached hydrogens (tertiary/aromatic N) is 2. The minimum atomic E-state index is 0.527. The summed E-state index contributed by atoms with van der Waals surface area (Å²) in [6.07, 6.45) is 10.4. The van der Waals surface area contributed by atoms with Crippen molar-refractivity contribution in [3.63, 3.8) is 0 Å². The van der Waals surface area contributed by atoms with E-state index < -0.39 is 0 Å². The molecule has 0 radical (unpaired) electrons. The Hall–Kier alpha value is -1.09. The summed E-state index contributed by atoms with van der Waals surface area (Å²) in [6.45, 7) is 6.52. The summed E-state index contributed by atoms with van der Waals surface area (Å²) in [5, 5.41) is 3.50. The van der Waals surface area contributed by atoms with Gasteiger partial charge in [0.05, 0.1) is 0 Å². The Morgan fingerprint density at radius 2 is 2.05 bits per heavy atom. The minimum absolute atomic E-state index is 0.527. The van der Waals surface area contributed by atoms with Gasteiger partial charge in [0.2, 0.25) is 0 Å². The van der Waals surface area contributed by atoms with E-state index >= 15 is 0 Å². The molecule has 1 aromatic heterocycles. The Labute approximate surface area is 129 Å². The van der Waals surface area contributed by atoms with Crippen LogP contribution >= 0.6 is 0 Å². The van der Waals surface area contributed by atoms with Gasteiger partial charge in [0.15, 0.2) is 0 Å². The highest BCUT2D eigenvalue weighted by Gasteiger charge is 2.33. The number of hydrogen-bond acceptors (Lipinski definition) is 3. The van der Waals surface area contributed by atoms with Gasteiger partial charge in [0, 0.05) is 31.4 Å². The van der Waals surface area contributed by atoms with Gasteiger partial charge in [-0.05, 0) is 49.3 Å². The standard InChI is InChI=1S/C18H29N3/c1-14(2)20-13-15-9-10-19-18(12-15)21-11-5-7-16-6-3-4-8-17(16)21/h9-10,12,14,16-17,20H,3-8,11,13H2,1-2H3/t16-,17-/m1/s1. The van der Waals surface area contributed by atoms with Crippen molar-refractivity contribution in [3.8, 4) is 0 Å². The van der Waals surface area contributed by atoms with E-state index in [1.54, 1.807) is 0 Å². The first-order valence-corrected chi connectivity index (χ1v) is 8.69. The summed E-state index contributed by atoms with van der Waals surface area (Å²) >= 11 is 0. The second kappa shape index (κ2) is 6.78. The van der Waals surface area contributed by atoms with Gasteiger partial charge >= 0.3 is 0 Å². The summed E-state index contributed by atoms with van der Waals surface area (Å²) in [5.74, 6) is 2.11. The molecule has 3 rings (SSSR count). The average Bonchev–Trinajstić information content (AvgIpc) is 2.52. The van der Waals surface area contributed by atoms with Crippen LogP contribution in [0.3, 0.4) is 0 Å². The smallest absolute Gasteiger partial charge is 0.129 e. The maximum Gasteiger partial charge on any atom is 0.129 e. The Balaban J connectivity index is 1.74. The Kier molecular flexibility index (Phi) is 4.79. The van der Waals surface area contributed by atoms with Crippen molar-refractivity contribution in [2.45, 2.75) is 71.0 Å². The average molecular weight is 287 g/mol. The molecule has 3 nitrogen and oxygen atoms in total. The van der Waals surface area contributed by atoms with Crippen LogP contribution in [0, 0.1) is 5.92 Å². The fraction of sp³-hybridized carbons (Fsp3) is 0.722. The summed E-state index contributed by atoms with van der Waals surface area (Å²) in [4.78, 5) is 7.28. The van der Waals surface area contributed by atoms with Crippen LogP contribution in [0.15, 0.2) is 18.3 Å². The van der Waals surface area contributed by atoms with Crippen LogP contribution in [-0.2, 0) is 6.54 Å². The molecule has 2 fully saturated rings. The summed E-state index contributed by atoms with van der Waals surface area (Å²) in [5.41, 5.74) is 1.35. The zero-order valence-electron chi connectivity index (χ0n) is 13.5. The summed E-state index contributed by atoms with van der Waals surface area (Å²) in [6, 6.07) is 5.71. The van der Waals surface area contributed by atoms with Gasteiger partial charge in [-0.15, -0.1) is 0 Å². The molecule has 116 valence electrons. The fourth-order valence-electron chi connectivity index (χ4n) is 3.96. The van der Waals surface area contributed by atoms with Gasteiger partial charge in [-0.1, -0.05) is 26.7 Å². The highest BCUT2D eigenvalue weighted by atomic mass is 15.2. The van der Waals surface area contributed by atoms with Crippen LogP contribution < -0.4 is 10.2 Å². The van der Waals surface area contributed by atoms with E-state index in [-0.39, 0.29) is 0 Å². The molecule has 0 amide bonds. The largest absolute Gasteiger partial charge is 0.353 e. The van der Waals surface area contributed by atoms with Crippen molar-refractivity contribution >= 4 is 5.82 Å². The molecule has 1 aromatic rings. The molecule has 2 heterocycles. The second-order valence-electron chi connectivity index (χ2n) is 7.01. The van der Waals surface area contributed by atoms with Gasteiger partial charge in [-0.2, -0.15) is 0 Å². The van der Waals surface area contributed by atoms with Gasteiger partial charge in [0.1, 0.15) is 5.82 Å². The molecule has 0 unspecified atom stereocenters. The molecular formula is C18H29N3. The number of fused-ring (bicyclic) bond motifs is 1. The number of rotatable bonds is 4. The highest BCUT2D eigenvalue weighted by Crippen LogP contribution is 2.37. The van der Waals surface area contributed by atoms with E-state index in [0.29, 0.717) is 6.04 Å². The molecule has 1 aliphatic heterocycles. The molecule has 1 aliphatic carbocycles. The van der Waals surface area contributed by atoms with Crippen molar-refractivity contribution in [2.24, 2.45) is 5.92 Å². The van der Waals surface area contributed by atoms with E-state index in [9.17, 15) is 0 Å². The predicted molar refractivity (Wildman–Crippen MR) is 88.5 cm³/mol. The van der Waals surface area contributed by atoms with Crippen LogP contribution in [0.1, 0.15) is 57.9 Å². The minimum Gasteiger partial charge on any atom is -0.353 e. The molecule has 2 atom stereocenters.